The highest BCUT2D eigenvalue weighted by Gasteiger charge is 2.64. The summed E-state index contributed by atoms with van der Waals surface area (Å²) in [4.78, 5) is 26.7. The number of hydrogen-bond donors (Lipinski definition) is 1. The Morgan fingerprint density at radius 1 is 1.03 bits per heavy atom. The van der Waals surface area contributed by atoms with E-state index >= 15 is 0 Å². The fourth-order valence-electron chi connectivity index (χ4n) is 7.62. The van der Waals surface area contributed by atoms with Crippen LogP contribution in [0.25, 0.3) is 0 Å². The SMILES string of the molecule is CCC1CC2CCCC(C1)C21OOC2(CCCC(c3ccc(OC(=O)N4CCC(N)CC4)cc3)C2)O1. The number of carbonyl (C=O) groups excluding carboxylic acids is 1. The van der Waals surface area contributed by atoms with Gasteiger partial charge < -0.3 is 20.1 Å². The van der Waals surface area contributed by atoms with Gasteiger partial charge in [-0.3, -0.25) is 0 Å². The zero-order valence-electron chi connectivity index (χ0n) is 21.7. The summed E-state index contributed by atoms with van der Waals surface area (Å²) in [5.41, 5.74) is 7.19. The van der Waals surface area contributed by atoms with E-state index in [4.69, 9.17) is 25.0 Å². The second kappa shape index (κ2) is 9.90. The van der Waals surface area contributed by atoms with Gasteiger partial charge in [-0.15, -0.1) is 0 Å². The van der Waals surface area contributed by atoms with Gasteiger partial charge in [0.25, 0.3) is 0 Å². The maximum absolute atomic E-state index is 12.5. The number of hydrogen-bond acceptors (Lipinski definition) is 6. The number of nitrogens with two attached hydrogens (primary N) is 1. The molecule has 198 valence electrons. The summed E-state index contributed by atoms with van der Waals surface area (Å²) in [6.45, 7) is 3.63. The van der Waals surface area contributed by atoms with Crippen LogP contribution >= 0.6 is 0 Å². The topological polar surface area (TPSA) is 83.3 Å². The molecule has 2 bridgehead atoms. The van der Waals surface area contributed by atoms with Crippen molar-refractivity contribution in [2.75, 3.05) is 13.1 Å². The number of benzene rings is 1. The predicted octanol–water partition coefficient (Wildman–Crippen LogP) is 5.87. The number of nitrogens with zero attached hydrogens (tertiary/aromatic N) is 1. The number of likely N-dealkylation sites (tertiary alicyclic amines) is 1. The molecule has 1 aromatic carbocycles. The van der Waals surface area contributed by atoms with Gasteiger partial charge in [0.2, 0.25) is 11.6 Å². The molecular formula is C29H42N2O5. The summed E-state index contributed by atoms with van der Waals surface area (Å²) in [6, 6.07) is 8.19. The van der Waals surface area contributed by atoms with Crippen molar-refractivity contribution in [3.8, 4) is 5.75 Å². The van der Waals surface area contributed by atoms with Gasteiger partial charge in [0, 0.05) is 43.8 Å². The Morgan fingerprint density at radius 2 is 1.75 bits per heavy atom. The minimum atomic E-state index is -0.643. The second-order valence-corrected chi connectivity index (χ2v) is 12.0. The number of carbonyl (C=O) groups is 1. The van der Waals surface area contributed by atoms with E-state index in [0.29, 0.717) is 36.6 Å². The van der Waals surface area contributed by atoms with E-state index in [-0.39, 0.29) is 12.1 Å². The van der Waals surface area contributed by atoms with Crippen LogP contribution in [0, 0.1) is 17.8 Å². The summed E-state index contributed by atoms with van der Waals surface area (Å²) in [6.07, 6.45) is 12.5. The molecule has 1 aromatic rings. The molecule has 6 rings (SSSR count). The minimum Gasteiger partial charge on any atom is -0.410 e. The van der Waals surface area contributed by atoms with Crippen molar-refractivity contribution in [1.29, 1.82) is 0 Å². The van der Waals surface area contributed by atoms with E-state index in [1.54, 1.807) is 4.90 Å². The van der Waals surface area contributed by atoms with E-state index in [2.05, 4.69) is 19.1 Å². The van der Waals surface area contributed by atoms with Gasteiger partial charge in [-0.05, 0) is 80.9 Å². The molecule has 5 fully saturated rings. The van der Waals surface area contributed by atoms with Crippen LogP contribution in [0.5, 0.6) is 5.75 Å². The highest BCUT2D eigenvalue weighted by molar-refractivity contribution is 5.70. The molecule has 2 saturated heterocycles. The van der Waals surface area contributed by atoms with Crippen LogP contribution in [0.3, 0.4) is 0 Å². The molecule has 2 aliphatic heterocycles. The van der Waals surface area contributed by atoms with Crippen LogP contribution in [0.2, 0.25) is 0 Å². The van der Waals surface area contributed by atoms with E-state index in [1.807, 2.05) is 12.1 Å². The number of ether oxygens (including phenoxy) is 2. The van der Waals surface area contributed by atoms with Crippen molar-refractivity contribution >= 4 is 6.09 Å². The van der Waals surface area contributed by atoms with Crippen molar-refractivity contribution in [3.05, 3.63) is 29.8 Å². The molecule has 1 amide bonds. The third-order valence-electron chi connectivity index (χ3n) is 9.75. The molecule has 0 radical (unpaired) electrons. The van der Waals surface area contributed by atoms with Crippen molar-refractivity contribution < 1.29 is 24.0 Å². The molecule has 0 aromatic heterocycles. The first kappa shape index (κ1) is 24.7. The monoisotopic (exact) mass is 498 g/mol. The molecule has 7 heteroatoms. The normalized spacial score (nSPS) is 39.0. The van der Waals surface area contributed by atoms with Crippen LogP contribution in [-0.2, 0) is 14.5 Å². The third-order valence-corrected chi connectivity index (χ3v) is 9.75. The average molecular weight is 499 g/mol. The Kier molecular flexibility index (Phi) is 6.78. The molecule has 5 aliphatic rings. The first-order chi connectivity index (χ1) is 17.5. The summed E-state index contributed by atoms with van der Waals surface area (Å²) in [5.74, 6) is 1.41. The molecule has 4 atom stereocenters. The standard InChI is InChI=1S/C29H42N2O5/c1-2-20-17-23-6-3-7-24(18-20)29(23)34-28(35-36-29)14-4-5-22(19-28)21-8-10-26(11-9-21)33-27(32)31-15-12-25(30)13-16-31/h8-11,20,22-25H,2-7,12-19,30H2,1H3. The fourth-order valence-corrected chi connectivity index (χ4v) is 7.62. The summed E-state index contributed by atoms with van der Waals surface area (Å²) < 4.78 is 12.6. The van der Waals surface area contributed by atoms with E-state index < -0.39 is 11.6 Å². The Morgan fingerprint density at radius 3 is 2.44 bits per heavy atom. The summed E-state index contributed by atoms with van der Waals surface area (Å²) in [7, 11) is 0. The van der Waals surface area contributed by atoms with Crippen molar-refractivity contribution in [1.82, 2.24) is 4.90 Å². The molecule has 2 heterocycles. The first-order valence-corrected chi connectivity index (χ1v) is 14.4. The van der Waals surface area contributed by atoms with E-state index in [0.717, 1.165) is 44.4 Å². The Bertz CT molecular complexity index is 916. The van der Waals surface area contributed by atoms with Crippen LogP contribution in [0.15, 0.2) is 24.3 Å². The Hall–Kier alpha value is -1.67. The van der Waals surface area contributed by atoms with Gasteiger partial charge in [0.15, 0.2) is 0 Å². The average Bonchev–Trinajstić information content (AvgIpc) is 3.22. The van der Waals surface area contributed by atoms with Crippen LogP contribution in [0.4, 0.5) is 4.79 Å². The first-order valence-electron chi connectivity index (χ1n) is 14.4. The van der Waals surface area contributed by atoms with Crippen LogP contribution in [-0.4, -0.2) is 41.7 Å². The minimum absolute atomic E-state index is 0.186. The molecule has 4 unspecified atom stereocenters. The highest BCUT2D eigenvalue weighted by atomic mass is 17.3. The molecule has 3 aliphatic carbocycles. The van der Waals surface area contributed by atoms with Gasteiger partial charge in [0.05, 0.1) is 0 Å². The number of piperidine rings is 1. The predicted molar refractivity (Wildman–Crippen MR) is 135 cm³/mol. The lowest BCUT2D eigenvalue weighted by Gasteiger charge is -2.50. The fraction of sp³-hybridized carbons (Fsp3) is 0.759. The van der Waals surface area contributed by atoms with E-state index in [9.17, 15) is 4.79 Å². The van der Waals surface area contributed by atoms with Crippen molar-refractivity contribution in [3.63, 3.8) is 0 Å². The van der Waals surface area contributed by atoms with Gasteiger partial charge in [-0.2, -0.15) is 9.78 Å². The van der Waals surface area contributed by atoms with Gasteiger partial charge in [-0.25, -0.2) is 4.79 Å². The number of rotatable bonds is 3. The molecule has 3 saturated carbocycles. The second-order valence-electron chi connectivity index (χ2n) is 12.0. The molecule has 2 N–H and O–H groups in total. The van der Waals surface area contributed by atoms with Gasteiger partial charge in [-0.1, -0.05) is 31.9 Å². The zero-order valence-corrected chi connectivity index (χ0v) is 21.7. The molecular weight excluding hydrogens is 456 g/mol. The molecule has 36 heavy (non-hydrogen) atoms. The maximum Gasteiger partial charge on any atom is 0.415 e. The Labute approximate surface area is 214 Å². The van der Waals surface area contributed by atoms with E-state index in [1.165, 1.54) is 44.1 Å². The van der Waals surface area contributed by atoms with Gasteiger partial charge >= 0.3 is 6.09 Å². The largest absolute Gasteiger partial charge is 0.415 e. The van der Waals surface area contributed by atoms with Crippen molar-refractivity contribution in [2.45, 2.75) is 108 Å². The zero-order chi connectivity index (χ0) is 24.8. The molecule has 2 spiro atoms. The lowest BCUT2D eigenvalue weighted by atomic mass is 9.63. The lowest BCUT2D eigenvalue weighted by molar-refractivity contribution is -0.383. The quantitative estimate of drug-likeness (QED) is 0.525. The Balaban J connectivity index is 1.10. The number of amides is 1. The maximum atomic E-state index is 12.5. The van der Waals surface area contributed by atoms with Crippen LogP contribution < -0.4 is 10.5 Å². The molecule has 7 nitrogen and oxygen atoms in total. The smallest absolute Gasteiger partial charge is 0.410 e. The highest BCUT2D eigenvalue weighted by Crippen LogP contribution is 2.59. The van der Waals surface area contributed by atoms with Crippen molar-refractivity contribution in [2.24, 2.45) is 23.5 Å². The summed E-state index contributed by atoms with van der Waals surface area (Å²) >= 11 is 0. The van der Waals surface area contributed by atoms with Gasteiger partial charge in [0.1, 0.15) is 5.75 Å². The summed E-state index contributed by atoms with van der Waals surface area (Å²) in [5, 5.41) is 0. The lowest BCUT2D eigenvalue weighted by Crippen LogP contribution is -2.55. The third kappa shape index (κ3) is 4.57. The van der Waals surface area contributed by atoms with Crippen LogP contribution in [0.1, 0.15) is 95.5 Å².